The number of hydrogen-bond acceptors (Lipinski definition) is 2. The van der Waals surface area contributed by atoms with Crippen LogP contribution >= 0.6 is 11.6 Å². The van der Waals surface area contributed by atoms with Gasteiger partial charge in [-0.05, 0) is 36.5 Å². The zero-order valence-corrected chi connectivity index (χ0v) is 12.2. The van der Waals surface area contributed by atoms with Gasteiger partial charge in [-0.1, -0.05) is 44.5 Å². The standard InChI is InChI=1S/C15H24ClNO/c1-4-15(12-6-5-7-13(16)9-12)17-14(10-18)8-11(2)3/h5-7,9,11,14-15,17-18H,4,8,10H2,1-3H3. The van der Waals surface area contributed by atoms with E-state index in [1.807, 2.05) is 18.2 Å². The fraction of sp³-hybridized carbons (Fsp3) is 0.600. The van der Waals surface area contributed by atoms with E-state index in [1.54, 1.807) is 0 Å². The Morgan fingerprint density at radius 3 is 2.56 bits per heavy atom. The molecule has 2 N–H and O–H groups in total. The number of aliphatic hydroxyl groups is 1. The van der Waals surface area contributed by atoms with Gasteiger partial charge in [0.2, 0.25) is 0 Å². The highest BCUT2D eigenvalue weighted by Crippen LogP contribution is 2.21. The van der Waals surface area contributed by atoms with Crippen molar-refractivity contribution >= 4 is 11.6 Å². The Morgan fingerprint density at radius 2 is 2.06 bits per heavy atom. The molecule has 2 unspecified atom stereocenters. The van der Waals surface area contributed by atoms with Gasteiger partial charge >= 0.3 is 0 Å². The molecule has 0 aliphatic rings. The summed E-state index contributed by atoms with van der Waals surface area (Å²) in [6, 6.07) is 8.32. The minimum Gasteiger partial charge on any atom is -0.395 e. The van der Waals surface area contributed by atoms with Gasteiger partial charge in [0.05, 0.1) is 6.61 Å². The first-order valence-electron chi connectivity index (χ1n) is 6.69. The third-order valence-corrected chi connectivity index (χ3v) is 3.31. The fourth-order valence-electron chi connectivity index (χ4n) is 2.22. The number of aliphatic hydroxyl groups excluding tert-OH is 1. The first-order valence-corrected chi connectivity index (χ1v) is 7.07. The molecule has 1 aromatic rings. The van der Waals surface area contributed by atoms with Gasteiger partial charge in [-0.15, -0.1) is 0 Å². The quantitative estimate of drug-likeness (QED) is 0.789. The molecule has 1 rings (SSSR count). The summed E-state index contributed by atoms with van der Waals surface area (Å²) >= 11 is 6.02. The molecule has 0 aliphatic carbocycles. The summed E-state index contributed by atoms with van der Waals surface area (Å²) in [5, 5.41) is 13.7. The van der Waals surface area contributed by atoms with Gasteiger partial charge in [0, 0.05) is 17.1 Å². The first-order chi connectivity index (χ1) is 8.56. The van der Waals surface area contributed by atoms with Crippen LogP contribution in [0.2, 0.25) is 5.02 Å². The second-order valence-corrected chi connectivity index (χ2v) is 5.63. The Balaban J connectivity index is 2.71. The lowest BCUT2D eigenvalue weighted by Crippen LogP contribution is -2.36. The summed E-state index contributed by atoms with van der Waals surface area (Å²) in [6.07, 6.45) is 1.96. The first kappa shape index (κ1) is 15.5. The molecule has 3 heteroatoms. The van der Waals surface area contributed by atoms with Gasteiger partial charge in [-0.25, -0.2) is 0 Å². The van der Waals surface area contributed by atoms with Crippen LogP contribution in [0, 0.1) is 5.92 Å². The SMILES string of the molecule is CCC(NC(CO)CC(C)C)c1cccc(Cl)c1. The molecule has 0 aromatic heterocycles. The van der Waals surface area contributed by atoms with Crippen molar-refractivity contribution < 1.29 is 5.11 Å². The summed E-state index contributed by atoms with van der Waals surface area (Å²) in [7, 11) is 0. The van der Waals surface area contributed by atoms with Gasteiger partial charge < -0.3 is 10.4 Å². The van der Waals surface area contributed by atoms with E-state index in [1.165, 1.54) is 5.56 Å². The smallest absolute Gasteiger partial charge is 0.0584 e. The highest BCUT2D eigenvalue weighted by Gasteiger charge is 2.16. The molecule has 0 saturated carbocycles. The minimum absolute atomic E-state index is 0.147. The average molecular weight is 270 g/mol. The van der Waals surface area contributed by atoms with E-state index in [0.29, 0.717) is 5.92 Å². The van der Waals surface area contributed by atoms with Crippen LogP contribution in [0.1, 0.15) is 45.2 Å². The van der Waals surface area contributed by atoms with E-state index in [4.69, 9.17) is 11.6 Å². The molecule has 1 aromatic carbocycles. The molecule has 18 heavy (non-hydrogen) atoms. The van der Waals surface area contributed by atoms with E-state index in [9.17, 15) is 5.11 Å². The lowest BCUT2D eigenvalue weighted by molar-refractivity contribution is 0.212. The molecule has 102 valence electrons. The monoisotopic (exact) mass is 269 g/mol. The van der Waals surface area contributed by atoms with Crippen molar-refractivity contribution in [3.8, 4) is 0 Å². The maximum absolute atomic E-state index is 9.43. The summed E-state index contributed by atoms with van der Waals surface area (Å²) < 4.78 is 0. The maximum atomic E-state index is 9.43. The largest absolute Gasteiger partial charge is 0.395 e. The molecule has 0 saturated heterocycles. The van der Waals surface area contributed by atoms with Crippen LogP contribution in [-0.2, 0) is 0 Å². The van der Waals surface area contributed by atoms with Crippen LogP contribution in [0.25, 0.3) is 0 Å². The minimum atomic E-state index is 0.147. The van der Waals surface area contributed by atoms with E-state index in [0.717, 1.165) is 17.9 Å². The van der Waals surface area contributed by atoms with Crippen molar-refractivity contribution in [3.63, 3.8) is 0 Å². The second kappa shape index (κ2) is 7.78. The molecule has 0 bridgehead atoms. The number of halogens is 1. The van der Waals surface area contributed by atoms with Crippen LogP contribution in [0.5, 0.6) is 0 Å². The molecule has 0 spiro atoms. The van der Waals surface area contributed by atoms with Crippen LogP contribution in [0.4, 0.5) is 0 Å². The summed E-state index contributed by atoms with van der Waals surface area (Å²) in [6.45, 7) is 6.66. The van der Waals surface area contributed by atoms with Crippen LogP contribution in [-0.4, -0.2) is 17.8 Å². The van der Waals surface area contributed by atoms with Crippen molar-refractivity contribution in [1.82, 2.24) is 5.32 Å². The van der Waals surface area contributed by atoms with Crippen molar-refractivity contribution in [2.24, 2.45) is 5.92 Å². The number of rotatable bonds is 7. The maximum Gasteiger partial charge on any atom is 0.0584 e. The van der Waals surface area contributed by atoms with Gasteiger partial charge in [-0.2, -0.15) is 0 Å². The third kappa shape index (κ3) is 4.97. The summed E-state index contributed by atoms with van der Waals surface area (Å²) in [5.41, 5.74) is 1.19. The molecule has 0 heterocycles. The van der Waals surface area contributed by atoms with E-state index < -0.39 is 0 Å². The Bertz CT molecular complexity index is 354. The van der Waals surface area contributed by atoms with Crippen molar-refractivity contribution in [3.05, 3.63) is 34.9 Å². The second-order valence-electron chi connectivity index (χ2n) is 5.19. The molecule has 0 amide bonds. The Kier molecular flexibility index (Phi) is 6.69. The van der Waals surface area contributed by atoms with Crippen LogP contribution < -0.4 is 5.32 Å². The Hall–Kier alpha value is -0.570. The Labute approximate surface area is 115 Å². The lowest BCUT2D eigenvalue weighted by Gasteiger charge is -2.25. The summed E-state index contributed by atoms with van der Waals surface area (Å²) in [4.78, 5) is 0. The molecule has 0 fully saturated rings. The average Bonchev–Trinajstić information content (AvgIpc) is 2.33. The van der Waals surface area contributed by atoms with Gasteiger partial charge in [0.25, 0.3) is 0 Å². The highest BCUT2D eigenvalue weighted by atomic mass is 35.5. The predicted molar refractivity (Wildman–Crippen MR) is 77.9 cm³/mol. The third-order valence-electron chi connectivity index (χ3n) is 3.07. The van der Waals surface area contributed by atoms with Gasteiger partial charge in [-0.3, -0.25) is 0 Å². The van der Waals surface area contributed by atoms with E-state index in [-0.39, 0.29) is 18.7 Å². The van der Waals surface area contributed by atoms with E-state index >= 15 is 0 Å². The fourth-order valence-corrected chi connectivity index (χ4v) is 2.42. The zero-order chi connectivity index (χ0) is 13.5. The Morgan fingerprint density at radius 1 is 1.33 bits per heavy atom. The van der Waals surface area contributed by atoms with Crippen molar-refractivity contribution in [1.29, 1.82) is 0 Å². The van der Waals surface area contributed by atoms with E-state index in [2.05, 4.69) is 32.2 Å². The molecule has 0 radical (unpaired) electrons. The van der Waals surface area contributed by atoms with Gasteiger partial charge in [0.1, 0.15) is 0 Å². The zero-order valence-electron chi connectivity index (χ0n) is 11.5. The molecule has 0 aliphatic heterocycles. The number of nitrogens with one attached hydrogen (secondary N) is 1. The molecule has 2 atom stereocenters. The van der Waals surface area contributed by atoms with Gasteiger partial charge in [0.15, 0.2) is 0 Å². The highest BCUT2D eigenvalue weighted by molar-refractivity contribution is 6.30. The predicted octanol–water partition coefficient (Wildman–Crippen LogP) is 3.79. The molecular weight excluding hydrogens is 246 g/mol. The molecule has 2 nitrogen and oxygen atoms in total. The molecular formula is C15H24ClNO. The number of hydrogen-bond donors (Lipinski definition) is 2. The van der Waals surface area contributed by atoms with Crippen LogP contribution in [0.15, 0.2) is 24.3 Å². The lowest BCUT2D eigenvalue weighted by atomic mass is 10.00. The number of benzene rings is 1. The topological polar surface area (TPSA) is 32.3 Å². The normalized spacial score (nSPS) is 14.8. The van der Waals surface area contributed by atoms with Crippen molar-refractivity contribution in [2.45, 2.75) is 45.7 Å². The van der Waals surface area contributed by atoms with Crippen molar-refractivity contribution in [2.75, 3.05) is 6.61 Å². The summed E-state index contributed by atoms with van der Waals surface area (Å²) in [5.74, 6) is 0.575. The van der Waals surface area contributed by atoms with Crippen LogP contribution in [0.3, 0.4) is 0 Å².